The number of nitrogens with one attached hydrogen (secondary N) is 2. The highest BCUT2D eigenvalue weighted by atomic mass is 19.4. The van der Waals surface area contributed by atoms with E-state index in [1.54, 1.807) is 0 Å². The fourth-order valence-corrected chi connectivity index (χ4v) is 1.32. The van der Waals surface area contributed by atoms with Gasteiger partial charge in [-0.1, -0.05) is 0 Å². The maximum atomic E-state index is 12.4. The largest absolute Gasteiger partial charge is 0.415 e. The molecule has 2 atom stereocenters. The summed E-state index contributed by atoms with van der Waals surface area (Å²) in [5.74, 6) is -1.46. The van der Waals surface area contributed by atoms with Gasteiger partial charge in [-0.3, -0.25) is 9.59 Å². The van der Waals surface area contributed by atoms with Crippen molar-refractivity contribution in [3.8, 4) is 0 Å². The summed E-state index contributed by atoms with van der Waals surface area (Å²) in [4.78, 5) is 22.2. The zero-order valence-electron chi connectivity index (χ0n) is 9.23. The lowest BCUT2D eigenvalue weighted by atomic mass is 10.00. The molecule has 98 valence electrons. The zero-order chi connectivity index (χ0) is 13.3. The average molecular weight is 253 g/mol. The number of hydrogen-bond donors (Lipinski definition) is 3. The fourth-order valence-electron chi connectivity index (χ4n) is 1.32. The Labute approximate surface area is 95.9 Å². The van der Waals surface area contributed by atoms with Gasteiger partial charge in [0.05, 0.1) is 0 Å². The predicted octanol–water partition coefficient (Wildman–Crippen LogP) is -0.339. The molecule has 1 rings (SSSR count). The van der Waals surface area contributed by atoms with E-state index in [1.165, 1.54) is 0 Å². The fraction of sp³-hybridized carbons (Fsp3) is 0.778. The smallest absolute Gasteiger partial charge is 0.354 e. The maximum absolute atomic E-state index is 12.4. The van der Waals surface area contributed by atoms with Crippen molar-refractivity contribution in [2.75, 3.05) is 6.54 Å². The lowest BCUT2D eigenvalue weighted by Gasteiger charge is -2.30. The highest BCUT2D eigenvalue weighted by molar-refractivity contribution is 5.87. The molecule has 4 N–H and O–H groups in total. The Bertz CT molecular complexity index is 318. The van der Waals surface area contributed by atoms with Gasteiger partial charge in [0.1, 0.15) is 0 Å². The number of nitrogens with two attached hydrogens (primary N) is 1. The van der Waals surface area contributed by atoms with Crippen LogP contribution in [0.1, 0.15) is 19.8 Å². The minimum absolute atomic E-state index is 0.124. The van der Waals surface area contributed by atoms with E-state index in [2.05, 4.69) is 10.6 Å². The van der Waals surface area contributed by atoms with Crippen LogP contribution in [0.4, 0.5) is 13.2 Å². The number of carbonyl (C=O) groups is 2. The summed E-state index contributed by atoms with van der Waals surface area (Å²) in [6, 6.07) is -0.509. The normalized spacial score (nSPS) is 24.8. The quantitative estimate of drug-likeness (QED) is 0.629. The van der Waals surface area contributed by atoms with Gasteiger partial charge in [0, 0.05) is 19.0 Å². The van der Waals surface area contributed by atoms with Crippen molar-refractivity contribution in [1.82, 2.24) is 10.6 Å². The molecule has 1 aliphatic rings. The number of alkyl halides is 3. The summed E-state index contributed by atoms with van der Waals surface area (Å²) in [6.07, 6.45) is -4.32. The van der Waals surface area contributed by atoms with Crippen molar-refractivity contribution in [1.29, 1.82) is 0 Å². The molecule has 0 bridgehead atoms. The number of rotatable bonds is 2. The first kappa shape index (κ1) is 13.8. The summed E-state index contributed by atoms with van der Waals surface area (Å²) < 4.78 is 37.3. The number of piperidine rings is 1. The van der Waals surface area contributed by atoms with E-state index in [0.717, 1.165) is 0 Å². The lowest BCUT2D eigenvalue weighted by Crippen LogP contribution is -2.64. The molecule has 2 amide bonds. The average Bonchev–Trinajstić information content (AvgIpc) is 2.19. The summed E-state index contributed by atoms with van der Waals surface area (Å²) in [5, 5.41) is 4.64. The summed E-state index contributed by atoms with van der Waals surface area (Å²) in [7, 11) is 0. The molecule has 0 aromatic heterocycles. The molecular weight excluding hydrogens is 239 g/mol. The second-order valence-corrected chi connectivity index (χ2v) is 4.21. The first-order valence-corrected chi connectivity index (χ1v) is 5.08. The number of amides is 2. The van der Waals surface area contributed by atoms with Crippen LogP contribution in [0.25, 0.3) is 0 Å². The van der Waals surface area contributed by atoms with Crippen LogP contribution < -0.4 is 16.4 Å². The molecule has 0 aromatic rings. The first-order chi connectivity index (χ1) is 7.64. The molecule has 1 heterocycles. The van der Waals surface area contributed by atoms with Crippen molar-refractivity contribution < 1.29 is 22.8 Å². The first-order valence-electron chi connectivity index (χ1n) is 5.08. The molecule has 0 spiro atoms. The molecule has 1 aliphatic heterocycles. The molecule has 17 heavy (non-hydrogen) atoms. The predicted molar refractivity (Wildman–Crippen MR) is 52.8 cm³/mol. The standard InChI is InChI=1S/C9H14F3N3O2/c1-8(13,9(10,11)12)7(17)15-5-2-3-6(16)14-4-5/h5H,2-4,13H2,1H3,(H,14,16)(H,15,17). The number of carbonyl (C=O) groups excluding carboxylic acids is 2. The summed E-state index contributed by atoms with van der Waals surface area (Å²) in [6.45, 7) is 0.738. The zero-order valence-corrected chi connectivity index (χ0v) is 9.23. The van der Waals surface area contributed by atoms with E-state index in [-0.39, 0.29) is 18.9 Å². The highest BCUT2D eigenvalue weighted by Crippen LogP contribution is 2.28. The van der Waals surface area contributed by atoms with Crippen molar-refractivity contribution >= 4 is 11.8 Å². The van der Waals surface area contributed by atoms with Gasteiger partial charge in [0.15, 0.2) is 5.54 Å². The van der Waals surface area contributed by atoms with Gasteiger partial charge in [0.25, 0.3) is 0 Å². The minimum atomic E-state index is -4.81. The van der Waals surface area contributed by atoms with E-state index in [9.17, 15) is 22.8 Å². The van der Waals surface area contributed by atoms with Gasteiger partial charge in [-0.05, 0) is 13.3 Å². The van der Waals surface area contributed by atoms with E-state index < -0.39 is 23.7 Å². The number of halogens is 3. The third kappa shape index (κ3) is 3.09. The Hall–Kier alpha value is -1.31. The second-order valence-electron chi connectivity index (χ2n) is 4.21. The third-order valence-corrected chi connectivity index (χ3v) is 2.66. The van der Waals surface area contributed by atoms with Crippen molar-refractivity contribution in [2.45, 2.75) is 37.5 Å². The Kier molecular flexibility index (Phi) is 3.65. The van der Waals surface area contributed by atoms with Crippen molar-refractivity contribution in [2.24, 2.45) is 5.73 Å². The van der Waals surface area contributed by atoms with E-state index in [0.29, 0.717) is 13.3 Å². The van der Waals surface area contributed by atoms with E-state index in [4.69, 9.17) is 5.73 Å². The summed E-state index contributed by atoms with van der Waals surface area (Å²) in [5.41, 5.74) is 2.04. The minimum Gasteiger partial charge on any atom is -0.354 e. The molecule has 1 fully saturated rings. The van der Waals surface area contributed by atoms with Gasteiger partial charge >= 0.3 is 6.18 Å². The lowest BCUT2D eigenvalue weighted by molar-refractivity contribution is -0.187. The molecule has 1 saturated heterocycles. The number of hydrogen-bond acceptors (Lipinski definition) is 3. The molecule has 0 saturated carbocycles. The van der Waals surface area contributed by atoms with Gasteiger partial charge in [0.2, 0.25) is 11.8 Å². The van der Waals surface area contributed by atoms with Gasteiger partial charge in [-0.2, -0.15) is 13.2 Å². The van der Waals surface area contributed by atoms with Crippen LogP contribution >= 0.6 is 0 Å². The monoisotopic (exact) mass is 253 g/mol. The van der Waals surface area contributed by atoms with Crippen LogP contribution in [0.3, 0.4) is 0 Å². The second kappa shape index (κ2) is 4.52. The van der Waals surface area contributed by atoms with Crippen LogP contribution in [0.5, 0.6) is 0 Å². The van der Waals surface area contributed by atoms with Gasteiger partial charge in [-0.25, -0.2) is 0 Å². The van der Waals surface area contributed by atoms with E-state index >= 15 is 0 Å². The Morgan fingerprint density at radius 2 is 2.12 bits per heavy atom. The van der Waals surface area contributed by atoms with Crippen LogP contribution in [-0.2, 0) is 9.59 Å². The van der Waals surface area contributed by atoms with Crippen molar-refractivity contribution in [3.05, 3.63) is 0 Å². The van der Waals surface area contributed by atoms with Crippen LogP contribution in [0, 0.1) is 0 Å². The van der Waals surface area contributed by atoms with Crippen LogP contribution in [0.15, 0.2) is 0 Å². The topological polar surface area (TPSA) is 84.2 Å². The molecule has 8 heteroatoms. The molecule has 0 aliphatic carbocycles. The highest BCUT2D eigenvalue weighted by Gasteiger charge is 2.54. The molecule has 5 nitrogen and oxygen atoms in total. The molecule has 2 unspecified atom stereocenters. The van der Waals surface area contributed by atoms with E-state index in [1.807, 2.05) is 0 Å². The molecule has 0 aromatic carbocycles. The Morgan fingerprint density at radius 1 is 1.53 bits per heavy atom. The third-order valence-electron chi connectivity index (χ3n) is 2.66. The van der Waals surface area contributed by atoms with Crippen LogP contribution in [0.2, 0.25) is 0 Å². The van der Waals surface area contributed by atoms with Gasteiger partial charge < -0.3 is 16.4 Å². The SMILES string of the molecule is CC(N)(C(=O)NC1CCC(=O)NC1)C(F)(F)F. The Morgan fingerprint density at radius 3 is 2.53 bits per heavy atom. The van der Waals surface area contributed by atoms with Crippen LogP contribution in [-0.4, -0.2) is 36.1 Å². The van der Waals surface area contributed by atoms with Gasteiger partial charge in [-0.15, -0.1) is 0 Å². The summed E-state index contributed by atoms with van der Waals surface area (Å²) >= 11 is 0. The maximum Gasteiger partial charge on any atom is 0.415 e. The van der Waals surface area contributed by atoms with Crippen molar-refractivity contribution in [3.63, 3.8) is 0 Å². The Balaban J connectivity index is 2.58. The molecule has 0 radical (unpaired) electrons. The molecular formula is C9H14F3N3O2.